The van der Waals surface area contributed by atoms with Gasteiger partial charge in [0.15, 0.2) is 0 Å². The Balaban J connectivity index is 2.40. The number of benzene rings is 1. The van der Waals surface area contributed by atoms with Crippen LogP contribution < -0.4 is 4.74 Å². The number of hydrogen-bond acceptors (Lipinski definition) is 3. The Morgan fingerprint density at radius 1 is 1.31 bits per heavy atom. The molecule has 0 aliphatic heterocycles. The predicted molar refractivity (Wildman–Crippen MR) is 76.0 cm³/mol. The van der Waals surface area contributed by atoms with E-state index in [2.05, 4.69) is 31.7 Å². The second kappa shape index (κ2) is 7.91. The Labute approximate surface area is 108 Å². The maximum Gasteiger partial charge on any atom is 0.118 e. The van der Waals surface area contributed by atoms with E-state index in [0.717, 1.165) is 23.2 Å². The first-order chi connectivity index (χ1) is 7.80. The molecular formula is C13H20OS2. The maximum absolute atomic E-state index is 5.13. The Kier molecular flexibility index (Phi) is 6.81. The van der Waals surface area contributed by atoms with E-state index in [1.54, 1.807) is 7.11 Å². The first-order valence-electron chi connectivity index (χ1n) is 5.67. The van der Waals surface area contributed by atoms with E-state index < -0.39 is 0 Å². The van der Waals surface area contributed by atoms with Crippen molar-refractivity contribution in [3.63, 3.8) is 0 Å². The Hall–Kier alpha value is -0.280. The van der Waals surface area contributed by atoms with Crippen molar-refractivity contribution in [2.45, 2.75) is 24.7 Å². The summed E-state index contributed by atoms with van der Waals surface area (Å²) in [5.41, 5.74) is 0. The van der Waals surface area contributed by atoms with Gasteiger partial charge in [0.05, 0.1) is 7.11 Å². The SMILES string of the molecule is CCCC(CS)CSc1ccc(OC)cc1. The zero-order valence-corrected chi connectivity index (χ0v) is 11.7. The lowest BCUT2D eigenvalue weighted by Crippen LogP contribution is -2.04. The number of methoxy groups -OCH3 is 1. The van der Waals surface area contributed by atoms with Gasteiger partial charge in [0.2, 0.25) is 0 Å². The Bertz CT molecular complexity index is 284. The molecule has 0 fully saturated rings. The maximum atomic E-state index is 5.13. The molecule has 3 heteroatoms. The number of thiol groups is 1. The molecule has 0 bridgehead atoms. The molecule has 1 atom stereocenters. The highest BCUT2D eigenvalue weighted by Crippen LogP contribution is 2.25. The van der Waals surface area contributed by atoms with Gasteiger partial charge in [-0.2, -0.15) is 12.6 Å². The predicted octanol–water partition coefficient (Wildman–Crippen LogP) is 4.13. The second-order valence-corrected chi connectivity index (χ2v) is 5.28. The number of ether oxygens (including phenoxy) is 1. The first kappa shape index (κ1) is 13.8. The van der Waals surface area contributed by atoms with Gasteiger partial charge in [-0.3, -0.25) is 0 Å². The van der Waals surface area contributed by atoms with Crippen LogP contribution in [0.3, 0.4) is 0 Å². The molecule has 0 amide bonds. The van der Waals surface area contributed by atoms with Crippen LogP contribution in [0.4, 0.5) is 0 Å². The molecule has 1 nitrogen and oxygen atoms in total. The summed E-state index contributed by atoms with van der Waals surface area (Å²) >= 11 is 6.30. The van der Waals surface area contributed by atoms with E-state index >= 15 is 0 Å². The third-order valence-corrected chi connectivity index (χ3v) is 4.26. The quantitative estimate of drug-likeness (QED) is 0.580. The summed E-state index contributed by atoms with van der Waals surface area (Å²) in [5.74, 6) is 3.78. The summed E-state index contributed by atoms with van der Waals surface area (Å²) in [4.78, 5) is 1.31. The third kappa shape index (κ3) is 4.71. The molecule has 0 saturated carbocycles. The molecule has 0 aliphatic rings. The monoisotopic (exact) mass is 256 g/mol. The van der Waals surface area contributed by atoms with Crippen LogP contribution in [-0.2, 0) is 0 Å². The molecule has 0 radical (unpaired) electrons. The van der Waals surface area contributed by atoms with E-state index in [1.807, 2.05) is 23.9 Å². The summed E-state index contributed by atoms with van der Waals surface area (Å²) in [5, 5.41) is 0. The van der Waals surface area contributed by atoms with Crippen LogP contribution in [0.2, 0.25) is 0 Å². The highest BCUT2D eigenvalue weighted by molar-refractivity contribution is 7.99. The van der Waals surface area contributed by atoms with Crippen molar-refractivity contribution in [1.29, 1.82) is 0 Å². The zero-order valence-electron chi connectivity index (χ0n) is 9.98. The van der Waals surface area contributed by atoms with Crippen LogP contribution in [0, 0.1) is 5.92 Å². The molecule has 0 N–H and O–H groups in total. The number of rotatable bonds is 7. The lowest BCUT2D eigenvalue weighted by Gasteiger charge is -2.12. The van der Waals surface area contributed by atoms with E-state index in [4.69, 9.17) is 4.74 Å². The second-order valence-electron chi connectivity index (χ2n) is 3.82. The van der Waals surface area contributed by atoms with Gasteiger partial charge in [0, 0.05) is 10.6 Å². The molecule has 1 rings (SSSR count). The standard InChI is InChI=1S/C13H20OS2/c1-3-4-11(9-15)10-16-13-7-5-12(14-2)6-8-13/h5-8,11,15H,3-4,9-10H2,1-2H3. The molecule has 1 aromatic rings. The number of thioether (sulfide) groups is 1. The fourth-order valence-electron chi connectivity index (χ4n) is 1.52. The minimum atomic E-state index is 0.723. The first-order valence-corrected chi connectivity index (χ1v) is 7.29. The average molecular weight is 256 g/mol. The van der Waals surface area contributed by atoms with E-state index in [0.29, 0.717) is 0 Å². The zero-order chi connectivity index (χ0) is 11.8. The molecule has 0 saturated heterocycles. The van der Waals surface area contributed by atoms with Gasteiger partial charge in [0.25, 0.3) is 0 Å². The van der Waals surface area contributed by atoms with Gasteiger partial charge in [-0.25, -0.2) is 0 Å². The van der Waals surface area contributed by atoms with E-state index in [9.17, 15) is 0 Å². The summed E-state index contributed by atoms with van der Waals surface area (Å²) < 4.78 is 5.13. The van der Waals surface area contributed by atoms with Crippen molar-refractivity contribution in [2.24, 2.45) is 5.92 Å². The molecule has 0 aromatic heterocycles. The van der Waals surface area contributed by atoms with Crippen molar-refractivity contribution in [3.8, 4) is 5.75 Å². The van der Waals surface area contributed by atoms with Gasteiger partial charge < -0.3 is 4.74 Å². The highest BCUT2D eigenvalue weighted by Gasteiger charge is 2.06. The van der Waals surface area contributed by atoms with Crippen molar-refractivity contribution in [1.82, 2.24) is 0 Å². The summed E-state index contributed by atoms with van der Waals surface area (Å²) in [6.45, 7) is 2.23. The van der Waals surface area contributed by atoms with Crippen LogP contribution in [0.5, 0.6) is 5.75 Å². The smallest absolute Gasteiger partial charge is 0.118 e. The summed E-state index contributed by atoms with van der Waals surface area (Å²) in [6, 6.07) is 8.26. The molecule has 0 spiro atoms. The van der Waals surface area contributed by atoms with E-state index in [1.165, 1.54) is 17.7 Å². The van der Waals surface area contributed by atoms with Crippen molar-refractivity contribution < 1.29 is 4.74 Å². The molecule has 0 heterocycles. The van der Waals surface area contributed by atoms with Crippen LogP contribution in [0.15, 0.2) is 29.2 Å². The van der Waals surface area contributed by atoms with Crippen LogP contribution in [0.1, 0.15) is 19.8 Å². The van der Waals surface area contributed by atoms with Gasteiger partial charge in [0.1, 0.15) is 5.75 Å². The largest absolute Gasteiger partial charge is 0.497 e. The van der Waals surface area contributed by atoms with Crippen LogP contribution in [0.25, 0.3) is 0 Å². The third-order valence-electron chi connectivity index (χ3n) is 2.50. The molecule has 0 aliphatic carbocycles. The van der Waals surface area contributed by atoms with Crippen molar-refractivity contribution in [3.05, 3.63) is 24.3 Å². The summed E-state index contributed by atoms with van der Waals surface area (Å²) in [6.07, 6.45) is 2.51. The van der Waals surface area contributed by atoms with Gasteiger partial charge in [-0.05, 0) is 42.4 Å². The normalized spacial score (nSPS) is 12.4. The molecule has 1 unspecified atom stereocenters. The Morgan fingerprint density at radius 3 is 2.50 bits per heavy atom. The molecule has 1 aromatic carbocycles. The lowest BCUT2D eigenvalue weighted by atomic mass is 10.1. The molecule has 90 valence electrons. The molecule has 16 heavy (non-hydrogen) atoms. The van der Waals surface area contributed by atoms with Crippen LogP contribution >= 0.6 is 24.4 Å². The molecular weight excluding hydrogens is 236 g/mol. The fraction of sp³-hybridized carbons (Fsp3) is 0.538. The summed E-state index contributed by atoms with van der Waals surface area (Å²) in [7, 11) is 1.69. The van der Waals surface area contributed by atoms with Crippen LogP contribution in [-0.4, -0.2) is 18.6 Å². The van der Waals surface area contributed by atoms with Gasteiger partial charge >= 0.3 is 0 Å². The average Bonchev–Trinajstić information content (AvgIpc) is 2.35. The fourth-order valence-corrected chi connectivity index (χ4v) is 3.05. The highest BCUT2D eigenvalue weighted by atomic mass is 32.2. The topological polar surface area (TPSA) is 9.23 Å². The van der Waals surface area contributed by atoms with E-state index in [-0.39, 0.29) is 0 Å². The van der Waals surface area contributed by atoms with Gasteiger partial charge in [-0.15, -0.1) is 11.8 Å². The van der Waals surface area contributed by atoms with Crippen molar-refractivity contribution >= 4 is 24.4 Å². The minimum absolute atomic E-state index is 0.723. The Morgan fingerprint density at radius 2 is 2.00 bits per heavy atom. The van der Waals surface area contributed by atoms with Gasteiger partial charge in [-0.1, -0.05) is 13.3 Å². The number of hydrogen-bond donors (Lipinski definition) is 1. The van der Waals surface area contributed by atoms with Crippen molar-refractivity contribution in [2.75, 3.05) is 18.6 Å². The minimum Gasteiger partial charge on any atom is -0.497 e. The lowest BCUT2D eigenvalue weighted by molar-refractivity contribution is 0.414.